The average molecular weight is 345 g/mol. The van der Waals surface area contributed by atoms with Gasteiger partial charge in [-0.05, 0) is 42.5 Å². The Kier molecular flexibility index (Phi) is 4.52. The van der Waals surface area contributed by atoms with E-state index in [9.17, 15) is 13.6 Å². The van der Waals surface area contributed by atoms with E-state index >= 15 is 0 Å². The van der Waals surface area contributed by atoms with Gasteiger partial charge in [-0.1, -0.05) is 18.2 Å². The van der Waals surface area contributed by atoms with Gasteiger partial charge in [0.1, 0.15) is 17.3 Å². The largest absolute Gasteiger partial charge is 0.347 e. The van der Waals surface area contributed by atoms with Gasteiger partial charge in [0.2, 0.25) is 0 Å². The van der Waals surface area contributed by atoms with Crippen LogP contribution in [0, 0.1) is 16.4 Å². The van der Waals surface area contributed by atoms with Gasteiger partial charge in [-0.3, -0.25) is 9.36 Å². The van der Waals surface area contributed by atoms with E-state index in [4.69, 9.17) is 12.2 Å². The third kappa shape index (κ3) is 3.26. The van der Waals surface area contributed by atoms with E-state index in [1.54, 1.807) is 18.2 Å². The van der Waals surface area contributed by atoms with Gasteiger partial charge in [0.05, 0.1) is 0 Å². The minimum atomic E-state index is -0.421. The Hall–Kier alpha value is -2.80. The Balaban J connectivity index is 1.85. The molecule has 0 saturated carbocycles. The molecule has 0 aliphatic carbocycles. The van der Waals surface area contributed by atoms with Crippen molar-refractivity contribution in [3.63, 3.8) is 0 Å². The second-order valence-electron chi connectivity index (χ2n) is 5.06. The van der Waals surface area contributed by atoms with Crippen LogP contribution in [-0.2, 0) is 6.54 Å². The monoisotopic (exact) mass is 345 g/mol. The summed E-state index contributed by atoms with van der Waals surface area (Å²) in [6, 6.07) is 11.8. The summed E-state index contributed by atoms with van der Waals surface area (Å²) in [6.07, 6.45) is 1.46. The third-order valence-corrected chi connectivity index (χ3v) is 3.79. The van der Waals surface area contributed by atoms with Crippen LogP contribution in [0.25, 0.3) is 5.69 Å². The lowest BCUT2D eigenvalue weighted by atomic mass is 10.2. The predicted octanol–water partition coefficient (Wildman–Crippen LogP) is 3.74. The molecule has 0 fully saturated rings. The number of amides is 1. The van der Waals surface area contributed by atoms with E-state index in [-0.39, 0.29) is 23.9 Å². The highest BCUT2D eigenvalue weighted by Gasteiger charge is 2.14. The second-order valence-corrected chi connectivity index (χ2v) is 5.45. The Morgan fingerprint density at radius 2 is 1.83 bits per heavy atom. The number of carbonyl (C=O) groups is 1. The molecule has 0 atom stereocenters. The summed E-state index contributed by atoms with van der Waals surface area (Å²) in [5.41, 5.74) is 1.19. The predicted molar refractivity (Wildman–Crippen MR) is 88.5 cm³/mol. The maximum atomic E-state index is 13.6. The van der Waals surface area contributed by atoms with Crippen LogP contribution in [0.5, 0.6) is 0 Å². The molecule has 0 spiro atoms. The van der Waals surface area contributed by atoms with Gasteiger partial charge in [0.15, 0.2) is 4.77 Å². The van der Waals surface area contributed by atoms with Crippen molar-refractivity contribution in [2.24, 2.45) is 0 Å². The van der Waals surface area contributed by atoms with E-state index in [0.29, 0.717) is 16.0 Å². The van der Waals surface area contributed by atoms with Gasteiger partial charge in [-0.15, -0.1) is 0 Å². The number of aromatic amines is 1. The molecule has 0 unspecified atom stereocenters. The molecule has 0 bridgehead atoms. The van der Waals surface area contributed by atoms with Crippen molar-refractivity contribution in [3.05, 3.63) is 82.4 Å². The molecule has 122 valence electrons. The number of carbonyl (C=O) groups excluding carboxylic acids is 1. The summed E-state index contributed by atoms with van der Waals surface area (Å²) in [4.78, 5) is 15.2. The maximum Gasteiger partial charge on any atom is 0.270 e. The second kappa shape index (κ2) is 6.76. The van der Waals surface area contributed by atoms with Crippen LogP contribution in [0.3, 0.4) is 0 Å². The lowest BCUT2D eigenvalue weighted by molar-refractivity contribution is 0.0943. The smallest absolute Gasteiger partial charge is 0.270 e. The molecule has 3 rings (SSSR count). The molecule has 1 aromatic heterocycles. The number of halogens is 2. The lowest BCUT2D eigenvalue weighted by Crippen LogP contribution is -2.25. The molecular weight excluding hydrogens is 332 g/mol. The number of aromatic nitrogens is 2. The van der Waals surface area contributed by atoms with Crippen LogP contribution in [0.1, 0.15) is 16.1 Å². The van der Waals surface area contributed by atoms with Gasteiger partial charge in [0.25, 0.3) is 5.91 Å². The van der Waals surface area contributed by atoms with Crippen molar-refractivity contribution >= 4 is 18.1 Å². The lowest BCUT2D eigenvalue weighted by Gasteiger charge is -2.09. The molecule has 2 aromatic carbocycles. The standard InChI is InChI=1S/C17H13F2N3OS/c18-12-5-7-13(8-6-12)22-15(10-21-17(22)24)16(23)20-9-11-3-1-2-4-14(11)19/h1-8,10H,9H2,(H,20,23)(H,21,24). The van der Waals surface area contributed by atoms with E-state index in [1.165, 1.54) is 41.1 Å². The van der Waals surface area contributed by atoms with Gasteiger partial charge in [-0.25, -0.2) is 8.78 Å². The van der Waals surface area contributed by atoms with Gasteiger partial charge < -0.3 is 10.3 Å². The Morgan fingerprint density at radius 1 is 1.12 bits per heavy atom. The summed E-state index contributed by atoms with van der Waals surface area (Å²) in [6.45, 7) is 0.0485. The van der Waals surface area contributed by atoms with Gasteiger partial charge >= 0.3 is 0 Å². The SMILES string of the molecule is O=C(NCc1ccccc1F)c1c[nH]c(=S)n1-c1ccc(F)cc1. The Bertz CT molecular complexity index is 932. The fraction of sp³-hybridized carbons (Fsp3) is 0.0588. The molecule has 7 heteroatoms. The first-order chi connectivity index (χ1) is 11.6. The fourth-order valence-electron chi connectivity index (χ4n) is 2.29. The quantitative estimate of drug-likeness (QED) is 0.708. The van der Waals surface area contributed by atoms with Crippen molar-refractivity contribution in [3.8, 4) is 5.69 Å². The van der Waals surface area contributed by atoms with Gasteiger partial charge in [0, 0.05) is 24.0 Å². The van der Waals surface area contributed by atoms with Crippen LogP contribution < -0.4 is 5.32 Å². The number of H-pyrrole nitrogens is 1. The van der Waals surface area contributed by atoms with E-state index in [1.807, 2.05) is 0 Å². The number of nitrogens with one attached hydrogen (secondary N) is 2. The van der Waals surface area contributed by atoms with Crippen LogP contribution in [0.15, 0.2) is 54.7 Å². The molecule has 0 aliphatic rings. The molecule has 2 N–H and O–H groups in total. The van der Waals surface area contributed by atoms with Crippen molar-refractivity contribution in [1.29, 1.82) is 0 Å². The highest BCUT2D eigenvalue weighted by Crippen LogP contribution is 2.14. The van der Waals surface area contributed by atoms with Crippen LogP contribution >= 0.6 is 12.2 Å². The molecular formula is C17H13F2N3OS. The highest BCUT2D eigenvalue weighted by molar-refractivity contribution is 7.71. The molecule has 3 aromatic rings. The number of benzene rings is 2. The summed E-state index contributed by atoms with van der Waals surface area (Å²) in [5.74, 6) is -1.19. The van der Waals surface area contributed by atoms with Gasteiger partial charge in [-0.2, -0.15) is 0 Å². The molecule has 24 heavy (non-hydrogen) atoms. The first-order valence-electron chi connectivity index (χ1n) is 7.14. The zero-order valence-corrected chi connectivity index (χ0v) is 13.2. The molecule has 4 nitrogen and oxygen atoms in total. The van der Waals surface area contributed by atoms with Crippen LogP contribution in [0.4, 0.5) is 8.78 Å². The Labute approximate surface area is 141 Å². The number of hydrogen-bond donors (Lipinski definition) is 2. The first-order valence-corrected chi connectivity index (χ1v) is 7.55. The first kappa shape index (κ1) is 16.1. The van der Waals surface area contributed by atoms with Crippen LogP contribution in [0.2, 0.25) is 0 Å². The number of hydrogen-bond acceptors (Lipinski definition) is 2. The minimum Gasteiger partial charge on any atom is -0.347 e. The molecule has 1 amide bonds. The fourth-order valence-corrected chi connectivity index (χ4v) is 2.55. The highest BCUT2D eigenvalue weighted by atomic mass is 32.1. The van der Waals surface area contributed by atoms with E-state index < -0.39 is 5.91 Å². The molecule has 0 saturated heterocycles. The summed E-state index contributed by atoms with van der Waals surface area (Å²) in [5, 5.41) is 2.65. The number of nitrogens with zero attached hydrogens (tertiary/aromatic N) is 1. The normalized spacial score (nSPS) is 10.6. The van der Waals surface area contributed by atoms with Crippen LogP contribution in [-0.4, -0.2) is 15.5 Å². The average Bonchev–Trinajstić information content (AvgIpc) is 2.96. The van der Waals surface area contributed by atoms with E-state index in [0.717, 1.165) is 0 Å². The zero-order chi connectivity index (χ0) is 17.1. The topological polar surface area (TPSA) is 49.8 Å². The van der Waals surface area contributed by atoms with Crippen molar-refractivity contribution < 1.29 is 13.6 Å². The summed E-state index contributed by atoms with van der Waals surface area (Å²) >= 11 is 5.18. The molecule has 1 heterocycles. The molecule has 0 radical (unpaired) electrons. The van der Waals surface area contributed by atoms with Crippen molar-refractivity contribution in [1.82, 2.24) is 14.9 Å². The number of imidazole rings is 1. The zero-order valence-electron chi connectivity index (χ0n) is 12.4. The summed E-state index contributed by atoms with van der Waals surface area (Å²) < 4.78 is 28.5. The Morgan fingerprint density at radius 3 is 2.54 bits per heavy atom. The van der Waals surface area contributed by atoms with E-state index in [2.05, 4.69) is 10.3 Å². The number of rotatable bonds is 4. The van der Waals surface area contributed by atoms with Crippen molar-refractivity contribution in [2.45, 2.75) is 6.54 Å². The molecule has 0 aliphatic heterocycles. The van der Waals surface area contributed by atoms with Crippen molar-refractivity contribution in [2.75, 3.05) is 0 Å². The maximum absolute atomic E-state index is 13.6. The minimum absolute atomic E-state index is 0.0485. The summed E-state index contributed by atoms with van der Waals surface area (Å²) in [7, 11) is 0. The third-order valence-electron chi connectivity index (χ3n) is 3.49.